The van der Waals surface area contributed by atoms with Crippen molar-refractivity contribution < 1.29 is 9.18 Å². The van der Waals surface area contributed by atoms with Crippen molar-refractivity contribution in [3.8, 4) is 10.4 Å². The molecule has 3 aromatic rings. The minimum absolute atomic E-state index is 0.0256. The highest BCUT2D eigenvalue weighted by atomic mass is 32.2. The van der Waals surface area contributed by atoms with Crippen LogP contribution in [0, 0.1) is 12.7 Å². The van der Waals surface area contributed by atoms with Crippen LogP contribution in [0.15, 0.2) is 66.9 Å². The summed E-state index contributed by atoms with van der Waals surface area (Å²) in [5.41, 5.74) is 3.33. The molecule has 6 heteroatoms. The van der Waals surface area contributed by atoms with Crippen molar-refractivity contribution in [3.63, 3.8) is 0 Å². The van der Waals surface area contributed by atoms with Crippen LogP contribution in [0.3, 0.4) is 0 Å². The summed E-state index contributed by atoms with van der Waals surface area (Å²) in [4.78, 5) is 18.1. The summed E-state index contributed by atoms with van der Waals surface area (Å²) >= 11 is 3.04. The van der Waals surface area contributed by atoms with Gasteiger partial charge in [0.1, 0.15) is 0 Å². The van der Waals surface area contributed by atoms with Crippen molar-refractivity contribution in [1.29, 1.82) is 0 Å². The lowest BCUT2D eigenvalue weighted by Crippen LogP contribution is -2.12. The summed E-state index contributed by atoms with van der Waals surface area (Å²) < 4.78 is 13.7. The number of pyridine rings is 1. The molecule has 3 rings (SSSR count). The Kier molecular flexibility index (Phi) is 6.44. The molecular weight excluding hydrogens is 391 g/mol. The van der Waals surface area contributed by atoms with E-state index in [1.54, 1.807) is 11.8 Å². The zero-order valence-corrected chi connectivity index (χ0v) is 17.2. The first-order chi connectivity index (χ1) is 13.5. The van der Waals surface area contributed by atoms with Gasteiger partial charge in [-0.25, -0.2) is 4.39 Å². The fourth-order valence-electron chi connectivity index (χ4n) is 2.72. The van der Waals surface area contributed by atoms with E-state index < -0.39 is 11.7 Å². The first kappa shape index (κ1) is 20.0. The number of nitrogens with one attached hydrogen (secondary N) is 1. The van der Waals surface area contributed by atoms with Crippen LogP contribution >= 0.6 is 23.1 Å². The molecule has 0 atom stereocenters. The van der Waals surface area contributed by atoms with Gasteiger partial charge in [-0.1, -0.05) is 36.5 Å². The number of anilines is 1. The maximum Gasteiger partial charge on any atom is 0.259 e. The number of aryl methyl sites for hydroxylation is 1. The van der Waals surface area contributed by atoms with Crippen LogP contribution in [-0.2, 0) is 0 Å². The zero-order valence-electron chi connectivity index (χ0n) is 15.5. The van der Waals surface area contributed by atoms with Crippen molar-refractivity contribution in [2.75, 3.05) is 5.32 Å². The van der Waals surface area contributed by atoms with E-state index in [1.165, 1.54) is 23.6 Å². The molecular formula is C22H19FN2OS2. The molecule has 2 heterocycles. The molecule has 0 spiro atoms. The number of aromatic nitrogens is 1. The van der Waals surface area contributed by atoms with Crippen molar-refractivity contribution in [2.45, 2.75) is 13.8 Å². The number of nitrogens with zero attached hydrogens (tertiary/aromatic N) is 1. The smallest absolute Gasteiger partial charge is 0.259 e. The molecule has 28 heavy (non-hydrogen) atoms. The van der Waals surface area contributed by atoms with Crippen LogP contribution in [0.2, 0.25) is 0 Å². The van der Waals surface area contributed by atoms with Crippen molar-refractivity contribution in [2.24, 2.45) is 0 Å². The summed E-state index contributed by atoms with van der Waals surface area (Å²) in [6, 6.07) is 11.5. The van der Waals surface area contributed by atoms with Crippen molar-refractivity contribution in [3.05, 3.63) is 89.4 Å². The number of rotatable bonds is 6. The Morgan fingerprint density at radius 2 is 2.11 bits per heavy atom. The third-order valence-corrected chi connectivity index (χ3v) is 6.05. The number of hydrogen-bond acceptors (Lipinski definition) is 4. The monoisotopic (exact) mass is 410 g/mol. The van der Waals surface area contributed by atoms with E-state index in [4.69, 9.17) is 0 Å². The van der Waals surface area contributed by atoms with E-state index in [0.717, 1.165) is 32.7 Å². The number of halogens is 1. The second-order valence-corrected chi connectivity index (χ2v) is 8.03. The van der Waals surface area contributed by atoms with Crippen LogP contribution < -0.4 is 5.32 Å². The fraction of sp³-hybridized carbons (Fsp3) is 0.0909. The number of carbonyl (C=O) groups is 1. The molecule has 0 bridgehead atoms. The molecule has 0 aliphatic rings. The molecule has 0 aliphatic heterocycles. The Bertz CT molecular complexity index is 1060. The van der Waals surface area contributed by atoms with Crippen LogP contribution in [0.25, 0.3) is 15.3 Å². The molecule has 0 saturated carbocycles. The maximum absolute atomic E-state index is 13.7. The summed E-state index contributed by atoms with van der Waals surface area (Å²) in [6.07, 6.45) is 4.49. The molecule has 3 nitrogen and oxygen atoms in total. The SMILES string of the molecule is C=CS/C(=C\C)c1ccc(C)c(-c2ccc(NC(=O)c3ccncc3F)s2)c1. The van der Waals surface area contributed by atoms with E-state index >= 15 is 0 Å². The van der Waals surface area contributed by atoms with Gasteiger partial charge in [0.15, 0.2) is 5.82 Å². The molecule has 1 aromatic carbocycles. The van der Waals surface area contributed by atoms with Gasteiger partial charge in [0.25, 0.3) is 5.91 Å². The molecule has 0 fully saturated rings. The molecule has 0 unspecified atom stereocenters. The highest BCUT2D eigenvalue weighted by Crippen LogP contribution is 2.37. The average Bonchev–Trinajstić information content (AvgIpc) is 3.15. The second kappa shape index (κ2) is 8.99. The summed E-state index contributed by atoms with van der Waals surface area (Å²) in [7, 11) is 0. The van der Waals surface area contributed by atoms with Gasteiger partial charge in [0.2, 0.25) is 0 Å². The number of benzene rings is 1. The van der Waals surface area contributed by atoms with E-state index in [9.17, 15) is 9.18 Å². The Morgan fingerprint density at radius 1 is 1.29 bits per heavy atom. The summed E-state index contributed by atoms with van der Waals surface area (Å²) in [6.45, 7) is 7.84. The van der Waals surface area contributed by atoms with E-state index in [-0.39, 0.29) is 5.56 Å². The normalized spacial score (nSPS) is 11.3. The molecule has 0 aliphatic carbocycles. The van der Waals surface area contributed by atoms with E-state index in [1.807, 2.05) is 24.5 Å². The van der Waals surface area contributed by atoms with Gasteiger partial charge in [0.05, 0.1) is 16.8 Å². The number of amides is 1. The third kappa shape index (κ3) is 4.40. The summed E-state index contributed by atoms with van der Waals surface area (Å²) in [5, 5.41) is 5.23. The molecule has 1 N–H and O–H groups in total. The Labute approximate surface area is 172 Å². The van der Waals surface area contributed by atoms with Crippen molar-refractivity contribution in [1.82, 2.24) is 4.98 Å². The second-order valence-electron chi connectivity index (χ2n) is 5.94. The predicted molar refractivity (Wildman–Crippen MR) is 118 cm³/mol. The van der Waals surface area contributed by atoms with Crippen LogP contribution in [-0.4, -0.2) is 10.9 Å². The highest BCUT2D eigenvalue weighted by molar-refractivity contribution is 8.10. The number of thiophene rings is 1. The number of carbonyl (C=O) groups excluding carboxylic acids is 1. The van der Waals surface area contributed by atoms with Gasteiger partial charge in [-0.2, -0.15) is 0 Å². The third-order valence-electron chi connectivity index (χ3n) is 4.12. The van der Waals surface area contributed by atoms with Gasteiger partial charge in [-0.15, -0.1) is 11.3 Å². The van der Waals surface area contributed by atoms with Gasteiger partial charge in [0, 0.05) is 16.0 Å². The van der Waals surface area contributed by atoms with Crippen LogP contribution in [0.5, 0.6) is 0 Å². The number of hydrogen-bond donors (Lipinski definition) is 1. The lowest BCUT2D eigenvalue weighted by molar-refractivity contribution is 0.102. The lowest BCUT2D eigenvalue weighted by Gasteiger charge is -2.09. The molecule has 2 aromatic heterocycles. The standard InChI is InChI=1S/C22H19FN2OS2/c1-4-19(27-5-2)15-7-6-14(3)17(12-15)20-8-9-21(28-20)25-22(26)16-10-11-24-13-18(16)23/h4-13H,2H2,1,3H3,(H,25,26)/b19-4-. The Balaban J connectivity index is 1.87. The van der Waals surface area contributed by atoms with Gasteiger partial charge in [-0.05, 0) is 60.2 Å². The predicted octanol–water partition coefficient (Wildman–Crippen LogP) is 6.75. The number of allylic oxidation sites excluding steroid dienone is 1. The molecule has 0 radical (unpaired) electrons. The van der Waals surface area contributed by atoms with Crippen LogP contribution in [0.4, 0.5) is 9.39 Å². The highest BCUT2D eigenvalue weighted by Gasteiger charge is 2.14. The maximum atomic E-state index is 13.7. The van der Waals surface area contributed by atoms with E-state index in [2.05, 4.69) is 48.1 Å². The van der Waals surface area contributed by atoms with Gasteiger partial charge >= 0.3 is 0 Å². The minimum atomic E-state index is -0.640. The van der Waals surface area contributed by atoms with Crippen molar-refractivity contribution >= 4 is 38.9 Å². The lowest BCUT2D eigenvalue weighted by atomic mass is 10.0. The number of thioether (sulfide) groups is 1. The van der Waals surface area contributed by atoms with Crippen LogP contribution in [0.1, 0.15) is 28.4 Å². The Hall–Kier alpha value is -2.70. The zero-order chi connectivity index (χ0) is 20.1. The molecule has 0 saturated heterocycles. The topological polar surface area (TPSA) is 42.0 Å². The average molecular weight is 411 g/mol. The molecule has 1 amide bonds. The summed E-state index contributed by atoms with van der Waals surface area (Å²) in [5.74, 6) is -1.13. The first-order valence-corrected chi connectivity index (χ1v) is 10.3. The Morgan fingerprint density at radius 3 is 2.82 bits per heavy atom. The molecule has 142 valence electrons. The largest absolute Gasteiger partial charge is 0.313 e. The van der Waals surface area contributed by atoms with Gasteiger partial charge in [-0.3, -0.25) is 9.78 Å². The van der Waals surface area contributed by atoms with E-state index in [0.29, 0.717) is 5.00 Å². The minimum Gasteiger partial charge on any atom is -0.313 e. The quantitative estimate of drug-likeness (QED) is 0.489. The van der Waals surface area contributed by atoms with Gasteiger partial charge < -0.3 is 5.32 Å². The fourth-order valence-corrected chi connectivity index (χ4v) is 4.28. The first-order valence-electron chi connectivity index (χ1n) is 8.59.